The number of aromatic nitrogens is 1. The van der Waals surface area contributed by atoms with Crippen LogP contribution in [0.5, 0.6) is 0 Å². The molecule has 0 saturated carbocycles. The average Bonchev–Trinajstić information content (AvgIpc) is 3.13. The zero-order chi connectivity index (χ0) is 20.1. The number of halogens is 1. The van der Waals surface area contributed by atoms with E-state index < -0.39 is 0 Å². The number of fused-ring (bicyclic) bond motifs is 4. The quantitative estimate of drug-likeness (QED) is 0.274. The fraction of sp³-hybridized carbons (Fsp3) is 0. The molecule has 1 aromatic heterocycles. The van der Waals surface area contributed by atoms with Crippen LogP contribution in [-0.4, -0.2) is 4.57 Å². The predicted octanol–water partition coefficient (Wildman–Crippen LogP) is 8.26. The second-order valence-corrected chi connectivity index (χ2v) is 7.99. The van der Waals surface area contributed by atoms with Crippen LogP contribution >= 0.6 is 11.6 Å². The van der Waals surface area contributed by atoms with Crippen LogP contribution in [0.15, 0.2) is 109 Å². The topological polar surface area (TPSA) is 4.93 Å². The van der Waals surface area contributed by atoms with Gasteiger partial charge in [-0.15, -0.1) is 0 Å². The monoisotopic (exact) mass is 403 g/mol. The number of hydrogen-bond acceptors (Lipinski definition) is 0. The maximum Gasteiger partial charge on any atom is 0.0547 e. The van der Waals surface area contributed by atoms with E-state index in [4.69, 9.17) is 11.6 Å². The molecule has 0 unspecified atom stereocenters. The molecule has 0 aliphatic carbocycles. The minimum atomic E-state index is 0.748. The van der Waals surface area contributed by atoms with Crippen molar-refractivity contribution >= 4 is 44.2 Å². The third-order valence-corrected chi connectivity index (χ3v) is 6.11. The maximum absolute atomic E-state index is 6.21. The Morgan fingerprint density at radius 1 is 0.500 bits per heavy atom. The highest BCUT2D eigenvalue weighted by atomic mass is 35.5. The first-order valence-corrected chi connectivity index (χ1v) is 10.5. The van der Waals surface area contributed by atoms with Crippen molar-refractivity contribution in [1.82, 2.24) is 4.57 Å². The van der Waals surface area contributed by atoms with Crippen molar-refractivity contribution in [1.29, 1.82) is 0 Å². The van der Waals surface area contributed by atoms with Crippen molar-refractivity contribution in [3.63, 3.8) is 0 Å². The molecule has 6 rings (SSSR count). The van der Waals surface area contributed by atoms with Gasteiger partial charge in [-0.25, -0.2) is 0 Å². The van der Waals surface area contributed by atoms with E-state index in [0.29, 0.717) is 0 Å². The summed E-state index contributed by atoms with van der Waals surface area (Å²) in [5.74, 6) is 0. The summed E-state index contributed by atoms with van der Waals surface area (Å²) in [5, 5.41) is 5.75. The second kappa shape index (κ2) is 6.76. The smallest absolute Gasteiger partial charge is 0.0547 e. The molecule has 0 aliphatic rings. The number of rotatable bonds is 2. The summed E-state index contributed by atoms with van der Waals surface area (Å²) in [7, 11) is 0. The lowest BCUT2D eigenvalue weighted by Crippen LogP contribution is -1.98. The Hall–Kier alpha value is -3.55. The van der Waals surface area contributed by atoms with Gasteiger partial charge in [-0.05, 0) is 46.7 Å². The Labute approximate surface area is 179 Å². The first kappa shape index (κ1) is 17.3. The van der Waals surface area contributed by atoms with Crippen molar-refractivity contribution in [2.45, 2.75) is 0 Å². The van der Waals surface area contributed by atoms with Gasteiger partial charge >= 0.3 is 0 Å². The minimum Gasteiger partial charge on any atom is -0.309 e. The van der Waals surface area contributed by atoms with Crippen LogP contribution in [0.1, 0.15) is 0 Å². The van der Waals surface area contributed by atoms with E-state index in [1.165, 1.54) is 43.8 Å². The van der Waals surface area contributed by atoms with Crippen molar-refractivity contribution in [2.75, 3.05) is 0 Å². The lowest BCUT2D eigenvalue weighted by Gasteiger charge is -2.17. The molecule has 0 spiro atoms. The van der Waals surface area contributed by atoms with E-state index >= 15 is 0 Å². The van der Waals surface area contributed by atoms with Gasteiger partial charge in [0.2, 0.25) is 0 Å². The van der Waals surface area contributed by atoms with Crippen LogP contribution in [0, 0.1) is 0 Å². The van der Waals surface area contributed by atoms with Crippen molar-refractivity contribution in [2.24, 2.45) is 0 Å². The summed E-state index contributed by atoms with van der Waals surface area (Å²) in [6.45, 7) is 0. The first-order valence-electron chi connectivity index (χ1n) is 10.1. The molecule has 1 heterocycles. The summed E-state index contributed by atoms with van der Waals surface area (Å²) in [6, 6.07) is 38.5. The lowest BCUT2D eigenvalue weighted by atomic mass is 9.96. The summed E-state index contributed by atoms with van der Waals surface area (Å²) < 4.78 is 2.39. The van der Waals surface area contributed by atoms with Gasteiger partial charge in [0.15, 0.2) is 0 Å². The SMILES string of the molecule is Clc1ccc(-c2c(-n3c4ccccc4c4ccccc43)ccc3ccccc23)cc1. The van der Waals surface area contributed by atoms with E-state index in [2.05, 4.69) is 102 Å². The molecule has 5 aromatic carbocycles. The van der Waals surface area contributed by atoms with Gasteiger partial charge in [-0.2, -0.15) is 0 Å². The molecule has 30 heavy (non-hydrogen) atoms. The second-order valence-electron chi connectivity index (χ2n) is 7.56. The van der Waals surface area contributed by atoms with Gasteiger partial charge in [0.1, 0.15) is 0 Å². The van der Waals surface area contributed by atoms with E-state index in [0.717, 1.165) is 10.6 Å². The molecule has 1 nitrogen and oxygen atoms in total. The Morgan fingerprint density at radius 2 is 1.07 bits per heavy atom. The van der Waals surface area contributed by atoms with Gasteiger partial charge in [0, 0.05) is 21.4 Å². The Morgan fingerprint density at radius 3 is 1.73 bits per heavy atom. The molecule has 2 heteroatoms. The minimum absolute atomic E-state index is 0.748. The van der Waals surface area contributed by atoms with E-state index in [1.54, 1.807) is 0 Å². The number of hydrogen-bond donors (Lipinski definition) is 0. The molecule has 6 aromatic rings. The predicted molar refractivity (Wildman–Crippen MR) is 129 cm³/mol. The van der Waals surface area contributed by atoms with Gasteiger partial charge in [0.05, 0.1) is 16.7 Å². The van der Waals surface area contributed by atoms with Gasteiger partial charge < -0.3 is 4.57 Å². The Bertz CT molecular complexity index is 1490. The van der Waals surface area contributed by atoms with Crippen molar-refractivity contribution in [3.05, 3.63) is 114 Å². The first-order chi connectivity index (χ1) is 14.8. The zero-order valence-corrected chi connectivity index (χ0v) is 17.0. The largest absolute Gasteiger partial charge is 0.309 e. The number of benzene rings is 5. The van der Waals surface area contributed by atoms with Crippen LogP contribution in [0.25, 0.3) is 49.4 Å². The van der Waals surface area contributed by atoms with Gasteiger partial charge in [-0.3, -0.25) is 0 Å². The molecule has 0 atom stereocenters. The lowest BCUT2D eigenvalue weighted by molar-refractivity contribution is 1.19. The molecule has 0 radical (unpaired) electrons. The van der Waals surface area contributed by atoms with E-state index in [-0.39, 0.29) is 0 Å². The molecule has 0 fully saturated rings. The van der Waals surface area contributed by atoms with Gasteiger partial charge in [0.25, 0.3) is 0 Å². The summed E-state index contributed by atoms with van der Waals surface area (Å²) in [5.41, 5.74) is 5.98. The molecule has 0 saturated heterocycles. The molecule has 0 aliphatic heterocycles. The van der Waals surface area contributed by atoms with Crippen molar-refractivity contribution < 1.29 is 0 Å². The summed E-state index contributed by atoms with van der Waals surface area (Å²) in [6.07, 6.45) is 0. The normalized spacial score (nSPS) is 11.5. The van der Waals surface area contributed by atoms with E-state index in [9.17, 15) is 0 Å². The third kappa shape index (κ3) is 2.56. The number of para-hydroxylation sites is 2. The molecule has 0 amide bonds. The fourth-order valence-corrected chi connectivity index (χ4v) is 4.67. The van der Waals surface area contributed by atoms with Crippen LogP contribution in [0.3, 0.4) is 0 Å². The summed E-state index contributed by atoms with van der Waals surface area (Å²) in [4.78, 5) is 0. The van der Waals surface area contributed by atoms with Crippen LogP contribution in [0.4, 0.5) is 0 Å². The molecular formula is C28H18ClN. The number of nitrogens with zero attached hydrogens (tertiary/aromatic N) is 1. The van der Waals surface area contributed by atoms with Crippen LogP contribution in [-0.2, 0) is 0 Å². The molecule has 142 valence electrons. The highest BCUT2D eigenvalue weighted by molar-refractivity contribution is 6.30. The summed E-state index contributed by atoms with van der Waals surface area (Å²) >= 11 is 6.21. The molecule has 0 bridgehead atoms. The Balaban J connectivity index is 1.80. The molecule has 0 N–H and O–H groups in total. The van der Waals surface area contributed by atoms with Gasteiger partial charge in [-0.1, -0.05) is 90.5 Å². The average molecular weight is 404 g/mol. The third-order valence-electron chi connectivity index (χ3n) is 5.86. The fourth-order valence-electron chi connectivity index (χ4n) is 4.55. The Kier molecular flexibility index (Phi) is 3.90. The highest BCUT2D eigenvalue weighted by Gasteiger charge is 2.17. The van der Waals surface area contributed by atoms with Crippen LogP contribution < -0.4 is 0 Å². The zero-order valence-electron chi connectivity index (χ0n) is 16.2. The van der Waals surface area contributed by atoms with E-state index in [1.807, 2.05) is 12.1 Å². The van der Waals surface area contributed by atoms with Crippen molar-refractivity contribution in [3.8, 4) is 16.8 Å². The maximum atomic E-state index is 6.21. The standard InChI is InChI=1S/C28H18ClN/c29-21-16-13-20(14-17-21)28-22-8-2-1-7-19(22)15-18-27(28)30-25-11-5-3-9-23(25)24-10-4-6-12-26(24)30/h1-18H. The molecular weight excluding hydrogens is 386 g/mol. The highest BCUT2D eigenvalue weighted by Crippen LogP contribution is 2.39. The van der Waals surface area contributed by atoms with Crippen LogP contribution in [0.2, 0.25) is 5.02 Å².